The number of carbonyl (C=O) groups is 1. The number of aryl methyl sites for hydroxylation is 1. The summed E-state index contributed by atoms with van der Waals surface area (Å²) < 4.78 is 2.92. The van der Waals surface area contributed by atoms with Crippen LogP contribution in [0.3, 0.4) is 0 Å². The lowest BCUT2D eigenvalue weighted by Gasteiger charge is -2.19. The number of halogens is 1. The molecule has 0 spiro atoms. The minimum atomic E-state index is -0.646. The molecule has 0 fully saturated rings. The number of aromatic amines is 1. The molecular weight excluding hydrogens is 358 g/mol. The molecular formula is C17H16ClN5O3. The second kappa shape index (κ2) is 7.40. The number of nitrogens with zero attached hydrogens (tertiary/aromatic N) is 3. The topological polar surface area (TPSA) is 102 Å². The number of amides is 1. The molecule has 134 valence electrons. The highest BCUT2D eigenvalue weighted by atomic mass is 35.5. The SMILES string of the molecule is Cn1ccnc1C(NC(=O)Cn1ccc(=O)[nH]c1=O)c1ccc(Cl)cc1. The van der Waals surface area contributed by atoms with Gasteiger partial charge in [0, 0.05) is 36.7 Å². The molecule has 2 aromatic heterocycles. The number of aromatic nitrogens is 4. The summed E-state index contributed by atoms with van der Waals surface area (Å²) in [5.41, 5.74) is -0.364. The van der Waals surface area contributed by atoms with Gasteiger partial charge >= 0.3 is 5.69 Å². The van der Waals surface area contributed by atoms with Crippen LogP contribution < -0.4 is 16.6 Å². The molecule has 2 heterocycles. The highest BCUT2D eigenvalue weighted by Crippen LogP contribution is 2.22. The lowest BCUT2D eigenvalue weighted by Crippen LogP contribution is -2.37. The molecule has 8 nitrogen and oxygen atoms in total. The molecule has 2 N–H and O–H groups in total. The Morgan fingerprint density at radius 3 is 2.58 bits per heavy atom. The third-order valence-corrected chi connectivity index (χ3v) is 4.09. The van der Waals surface area contributed by atoms with E-state index in [9.17, 15) is 14.4 Å². The van der Waals surface area contributed by atoms with Gasteiger partial charge in [-0.25, -0.2) is 9.78 Å². The minimum absolute atomic E-state index is 0.232. The highest BCUT2D eigenvalue weighted by Gasteiger charge is 2.21. The fourth-order valence-electron chi connectivity index (χ4n) is 2.54. The van der Waals surface area contributed by atoms with Crippen LogP contribution in [-0.4, -0.2) is 25.0 Å². The monoisotopic (exact) mass is 373 g/mol. The van der Waals surface area contributed by atoms with Crippen LogP contribution in [0, 0.1) is 0 Å². The van der Waals surface area contributed by atoms with E-state index in [1.54, 1.807) is 41.2 Å². The molecule has 26 heavy (non-hydrogen) atoms. The zero-order chi connectivity index (χ0) is 18.7. The largest absolute Gasteiger partial charge is 0.341 e. The Kier molecular flexibility index (Phi) is 5.04. The Hall–Kier alpha value is -3.13. The molecule has 0 aliphatic heterocycles. The van der Waals surface area contributed by atoms with Crippen LogP contribution in [0.15, 0.2) is 58.5 Å². The van der Waals surface area contributed by atoms with Crippen molar-refractivity contribution in [1.82, 2.24) is 24.4 Å². The lowest BCUT2D eigenvalue weighted by atomic mass is 10.1. The van der Waals surface area contributed by atoms with Gasteiger partial charge in [0.05, 0.1) is 0 Å². The number of rotatable bonds is 5. The van der Waals surface area contributed by atoms with Crippen molar-refractivity contribution in [2.45, 2.75) is 12.6 Å². The molecule has 1 unspecified atom stereocenters. The number of nitrogens with one attached hydrogen (secondary N) is 2. The first-order valence-electron chi connectivity index (χ1n) is 7.76. The molecule has 1 atom stereocenters. The van der Waals surface area contributed by atoms with Gasteiger partial charge in [0.25, 0.3) is 5.56 Å². The predicted octanol–water partition coefficient (Wildman–Crippen LogP) is 0.829. The number of carbonyl (C=O) groups excluding carboxylic acids is 1. The van der Waals surface area contributed by atoms with Gasteiger partial charge in [-0.2, -0.15) is 0 Å². The van der Waals surface area contributed by atoms with Crippen molar-refractivity contribution >= 4 is 17.5 Å². The van der Waals surface area contributed by atoms with E-state index in [0.29, 0.717) is 10.8 Å². The smallest absolute Gasteiger partial charge is 0.328 e. The summed E-state index contributed by atoms with van der Waals surface area (Å²) in [5.74, 6) is 0.233. The summed E-state index contributed by atoms with van der Waals surface area (Å²) in [5, 5.41) is 3.45. The Balaban J connectivity index is 1.87. The first-order chi connectivity index (χ1) is 12.4. The number of imidazole rings is 1. The molecule has 3 rings (SSSR count). The second-order valence-electron chi connectivity index (χ2n) is 5.69. The molecule has 0 aliphatic carbocycles. The third-order valence-electron chi connectivity index (χ3n) is 3.84. The maximum Gasteiger partial charge on any atom is 0.328 e. The Morgan fingerprint density at radius 1 is 1.23 bits per heavy atom. The molecule has 3 aromatic rings. The van der Waals surface area contributed by atoms with Crippen molar-refractivity contribution in [3.8, 4) is 0 Å². The van der Waals surface area contributed by atoms with E-state index in [-0.39, 0.29) is 6.54 Å². The van der Waals surface area contributed by atoms with E-state index in [1.165, 1.54) is 12.3 Å². The number of hydrogen-bond acceptors (Lipinski definition) is 4. The van der Waals surface area contributed by atoms with Gasteiger partial charge in [-0.15, -0.1) is 0 Å². The summed E-state index contributed by atoms with van der Waals surface area (Å²) in [6.07, 6.45) is 4.69. The standard InChI is InChI=1S/C17H16ClN5O3/c1-22-9-7-19-16(22)15(11-2-4-12(18)5-3-11)20-14(25)10-23-8-6-13(24)21-17(23)26/h2-9,15H,10H2,1H3,(H,20,25)(H,21,24,26). The highest BCUT2D eigenvalue weighted by molar-refractivity contribution is 6.30. The average Bonchev–Trinajstić information content (AvgIpc) is 3.02. The van der Waals surface area contributed by atoms with E-state index >= 15 is 0 Å². The number of hydrogen-bond donors (Lipinski definition) is 2. The van der Waals surface area contributed by atoms with Gasteiger partial charge in [-0.1, -0.05) is 23.7 Å². The molecule has 0 aliphatic rings. The zero-order valence-corrected chi connectivity index (χ0v) is 14.6. The first kappa shape index (κ1) is 17.7. The van der Waals surface area contributed by atoms with E-state index in [2.05, 4.69) is 15.3 Å². The van der Waals surface area contributed by atoms with E-state index in [4.69, 9.17) is 11.6 Å². The molecule has 1 aromatic carbocycles. The van der Waals surface area contributed by atoms with Crippen molar-refractivity contribution in [2.75, 3.05) is 0 Å². The summed E-state index contributed by atoms with van der Waals surface area (Å²) in [6.45, 7) is -0.232. The van der Waals surface area contributed by atoms with Crippen molar-refractivity contribution < 1.29 is 4.79 Å². The molecule has 1 amide bonds. The predicted molar refractivity (Wildman–Crippen MR) is 96.0 cm³/mol. The maximum absolute atomic E-state index is 12.5. The molecule has 0 radical (unpaired) electrons. The van der Waals surface area contributed by atoms with Crippen LogP contribution in [0.5, 0.6) is 0 Å². The van der Waals surface area contributed by atoms with E-state index in [1.807, 2.05) is 7.05 Å². The van der Waals surface area contributed by atoms with Crippen molar-refractivity contribution in [3.05, 3.63) is 86.2 Å². The van der Waals surface area contributed by atoms with Gasteiger partial charge in [0.15, 0.2) is 0 Å². The van der Waals surface area contributed by atoms with Crippen molar-refractivity contribution in [3.63, 3.8) is 0 Å². The summed E-state index contributed by atoms with van der Waals surface area (Å²) in [7, 11) is 1.82. The van der Waals surface area contributed by atoms with Gasteiger partial charge in [0.1, 0.15) is 18.4 Å². The van der Waals surface area contributed by atoms with Crippen LogP contribution >= 0.6 is 11.6 Å². The molecule has 9 heteroatoms. The summed E-state index contributed by atoms with van der Waals surface area (Å²) in [6, 6.07) is 7.72. The normalized spacial score (nSPS) is 11.9. The fraction of sp³-hybridized carbons (Fsp3) is 0.176. The third kappa shape index (κ3) is 3.92. The van der Waals surface area contributed by atoms with Crippen LogP contribution in [0.1, 0.15) is 17.4 Å². The molecule has 0 saturated heterocycles. The van der Waals surface area contributed by atoms with Crippen LogP contribution in [0.4, 0.5) is 0 Å². The number of benzene rings is 1. The average molecular weight is 374 g/mol. The first-order valence-corrected chi connectivity index (χ1v) is 8.13. The Bertz CT molecular complexity index is 1040. The summed E-state index contributed by atoms with van der Waals surface area (Å²) in [4.78, 5) is 41.8. The quantitative estimate of drug-likeness (QED) is 0.691. The minimum Gasteiger partial charge on any atom is -0.341 e. The van der Waals surface area contributed by atoms with Crippen LogP contribution in [0.2, 0.25) is 5.02 Å². The maximum atomic E-state index is 12.5. The second-order valence-corrected chi connectivity index (χ2v) is 6.12. The van der Waals surface area contributed by atoms with Crippen molar-refractivity contribution in [1.29, 1.82) is 0 Å². The molecule has 0 saturated carbocycles. The van der Waals surface area contributed by atoms with E-state index < -0.39 is 23.2 Å². The summed E-state index contributed by atoms with van der Waals surface area (Å²) >= 11 is 5.94. The van der Waals surface area contributed by atoms with Gasteiger partial charge in [0.2, 0.25) is 5.91 Å². The lowest BCUT2D eigenvalue weighted by molar-refractivity contribution is -0.122. The van der Waals surface area contributed by atoms with Gasteiger partial charge in [-0.3, -0.25) is 19.1 Å². The van der Waals surface area contributed by atoms with Crippen LogP contribution in [-0.2, 0) is 18.4 Å². The van der Waals surface area contributed by atoms with Gasteiger partial charge in [-0.05, 0) is 17.7 Å². The van der Waals surface area contributed by atoms with Crippen LogP contribution in [0.25, 0.3) is 0 Å². The Morgan fingerprint density at radius 2 is 1.96 bits per heavy atom. The fourth-order valence-corrected chi connectivity index (χ4v) is 2.66. The zero-order valence-electron chi connectivity index (χ0n) is 13.8. The van der Waals surface area contributed by atoms with E-state index in [0.717, 1.165) is 10.1 Å². The Labute approximate surface area is 153 Å². The van der Waals surface area contributed by atoms with Gasteiger partial charge < -0.3 is 9.88 Å². The van der Waals surface area contributed by atoms with Crippen molar-refractivity contribution in [2.24, 2.45) is 7.05 Å². The molecule has 0 bridgehead atoms. The number of H-pyrrole nitrogens is 1.